The number of likely N-dealkylation sites (tertiary alicyclic amines) is 1. The van der Waals surface area contributed by atoms with Gasteiger partial charge in [0, 0.05) is 13.1 Å². The van der Waals surface area contributed by atoms with Gasteiger partial charge in [0.05, 0.1) is 17.6 Å². The quantitative estimate of drug-likeness (QED) is 0.688. The van der Waals surface area contributed by atoms with E-state index < -0.39 is 0 Å². The number of piperidine rings is 1. The molecule has 0 N–H and O–H groups in total. The lowest BCUT2D eigenvalue weighted by atomic mass is 9.96. The maximum Gasteiger partial charge on any atom is 0.232 e. The molecule has 1 aliphatic rings. The number of thioether (sulfide) groups is 1. The molecule has 0 aliphatic carbocycles. The molecule has 1 rings (SSSR count). The molecule has 4 heteroatoms. The lowest BCUT2D eigenvalue weighted by Gasteiger charge is -2.32. The van der Waals surface area contributed by atoms with E-state index in [1.807, 2.05) is 11.0 Å². The van der Waals surface area contributed by atoms with Crippen LogP contribution in [0.3, 0.4) is 0 Å². The number of carbonyl (C=O) groups excluding carboxylic acids is 1. The molecule has 0 aromatic rings. The van der Waals surface area contributed by atoms with Gasteiger partial charge in [0.25, 0.3) is 0 Å². The van der Waals surface area contributed by atoms with Crippen LogP contribution in [0.25, 0.3) is 0 Å². The number of carbonyl (C=O) groups is 1. The minimum Gasteiger partial charge on any atom is -0.342 e. The van der Waals surface area contributed by atoms with E-state index in [9.17, 15) is 4.79 Å². The average molecular weight is 226 g/mol. The van der Waals surface area contributed by atoms with Gasteiger partial charge in [-0.05, 0) is 18.8 Å². The van der Waals surface area contributed by atoms with E-state index in [0.717, 1.165) is 25.9 Å². The van der Waals surface area contributed by atoms with E-state index >= 15 is 0 Å². The third-order valence-electron chi connectivity index (χ3n) is 2.84. The maximum atomic E-state index is 11.7. The molecule has 0 aromatic heterocycles. The van der Waals surface area contributed by atoms with E-state index in [4.69, 9.17) is 5.26 Å². The van der Waals surface area contributed by atoms with E-state index in [1.165, 1.54) is 18.2 Å². The Morgan fingerprint density at radius 1 is 1.67 bits per heavy atom. The van der Waals surface area contributed by atoms with Crippen molar-refractivity contribution in [1.29, 1.82) is 5.26 Å². The van der Waals surface area contributed by atoms with Gasteiger partial charge in [-0.3, -0.25) is 4.79 Å². The van der Waals surface area contributed by atoms with Crippen molar-refractivity contribution < 1.29 is 4.79 Å². The summed E-state index contributed by atoms with van der Waals surface area (Å²) in [6.45, 7) is 4.01. The van der Waals surface area contributed by atoms with Crippen molar-refractivity contribution in [3.63, 3.8) is 0 Å². The van der Waals surface area contributed by atoms with E-state index in [1.54, 1.807) is 0 Å². The SMILES string of the molecule is CC[C@H]1CCCN(C(=O)CSCC#N)C1. The topological polar surface area (TPSA) is 44.1 Å². The molecule has 84 valence electrons. The van der Waals surface area contributed by atoms with Crippen LogP contribution in [-0.2, 0) is 4.79 Å². The van der Waals surface area contributed by atoms with Crippen LogP contribution in [0.15, 0.2) is 0 Å². The van der Waals surface area contributed by atoms with Crippen LogP contribution in [-0.4, -0.2) is 35.4 Å². The lowest BCUT2D eigenvalue weighted by molar-refractivity contribution is -0.130. The summed E-state index contributed by atoms with van der Waals surface area (Å²) in [5, 5.41) is 8.37. The summed E-state index contributed by atoms with van der Waals surface area (Å²) in [6, 6.07) is 2.04. The first-order valence-corrected chi connectivity index (χ1v) is 6.65. The summed E-state index contributed by atoms with van der Waals surface area (Å²) < 4.78 is 0. The third kappa shape index (κ3) is 4.13. The molecular formula is C11H18N2OS. The van der Waals surface area contributed by atoms with Crippen molar-refractivity contribution in [3.05, 3.63) is 0 Å². The Balaban J connectivity index is 2.29. The first-order chi connectivity index (χ1) is 7.27. The second kappa shape index (κ2) is 6.73. The second-order valence-electron chi connectivity index (χ2n) is 3.91. The normalized spacial score (nSPS) is 21.1. The highest BCUT2D eigenvalue weighted by atomic mass is 32.2. The molecule has 15 heavy (non-hydrogen) atoms. The minimum atomic E-state index is 0.202. The first-order valence-electron chi connectivity index (χ1n) is 5.50. The minimum absolute atomic E-state index is 0.202. The molecule has 0 saturated carbocycles. The van der Waals surface area contributed by atoms with Gasteiger partial charge in [-0.25, -0.2) is 0 Å². The summed E-state index contributed by atoms with van der Waals surface area (Å²) in [5.74, 6) is 1.76. The van der Waals surface area contributed by atoms with Crippen LogP contribution < -0.4 is 0 Å². The van der Waals surface area contributed by atoms with Crippen molar-refractivity contribution in [2.24, 2.45) is 5.92 Å². The molecule has 3 nitrogen and oxygen atoms in total. The van der Waals surface area contributed by atoms with Gasteiger partial charge in [0.2, 0.25) is 5.91 Å². The molecule has 0 spiro atoms. The number of nitriles is 1. The molecule has 1 fully saturated rings. The van der Waals surface area contributed by atoms with E-state index in [2.05, 4.69) is 6.92 Å². The highest BCUT2D eigenvalue weighted by Crippen LogP contribution is 2.19. The predicted octanol–water partition coefficient (Wildman–Crippen LogP) is 1.89. The van der Waals surface area contributed by atoms with Gasteiger partial charge < -0.3 is 4.90 Å². The highest BCUT2D eigenvalue weighted by Gasteiger charge is 2.21. The fourth-order valence-corrected chi connectivity index (χ4v) is 2.45. The number of nitrogens with zero attached hydrogens (tertiary/aromatic N) is 2. The Labute approximate surface area is 95.8 Å². The van der Waals surface area contributed by atoms with Gasteiger partial charge >= 0.3 is 0 Å². The van der Waals surface area contributed by atoms with Gasteiger partial charge in [0.1, 0.15) is 0 Å². The number of hydrogen-bond acceptors (Lipinski definition) is 3. The summed E-state index contributed by atoms with van der Waals surface area (Å²) >= 11 is 1.41. The predicted molar refractivity (Wildman–Crippen MR) is 62.5 cm³/mol. The second-order valence-corrected chi connectivity index (χ2v) is 4.89. The Kier molecular flexibility index (Phi) is 5.56. The molecule has 0 aromatic carbocycles. The zero-order valence-corrected chi connectivity index (χ0v) is 10.1. The number of rotatable bonds is 4. The Bertz CT molecular complexity index is 249. The smallest absolute Gasteiger partial charge is 0.232 e. The van der Waals surface area contributed by atoms with Crippen LogP contribution in [0.1, 0.15) is 26.2 Å². The summed E-state index contributed by atoms with van der Waals surface area (Å²) in [4.78, 5) is 13.7. The van der Waals surface area contributed by atoms with Gasteiger partial charge in [-0.15, -0.1) is 11.8 Å². The highest BCUT2D eigenvalue weighted by molar-refractivity contribution is 8.00. The van der Waals surface area contributed by atoms with Gasteiger partial charge in [-0.2, -0.15) is 5.26 Å². The van der Waals surface area contributed by atoms with Crippen LogP contribution in [0.5, 0.6) is 0 Å². The van der Waals surface area contributed by atoms with E-state index in [0.29, 0.717) is 17.4 Å². The van der Waals surface area contributed by atoms with Gasteiger partial charge in [-0.1, -0.05) is 13.3 Å². The fourth-order valence-electron chi connectivity index (χ4n) is 1.90. The molecule has 1 amide bonds. The third-order valence-corrected chi connectivity index (χ3v) is 3.63. The molecule has 1 atom stereocenters. The van der Waals surface area contributed by atoms with Crippen LogP contribution in [0, 0.1) is 17.2 Å². The van der Waals surface area contributed by atoms with Crippen LogP contribution in [0.2, 0.25) is 0 Å². The maximum absolute atomic E-state index is 11.7. The monoisotopic (exact) mass is 226 g/mol. The largest absolute Gasteiger partial charge is 0.342 e. The van der Waals surface area contributed by atoms with Gasteiger partial charge in [0.15, 0.2) is 0 Å². The van der Waals surface area contributed by atoms with Crippen molar-refractivity contribution in [3.8, 4) is 6.07 Å². The molecule has 0 radical (unpaired) electrons. The summed E-state index contributed by atoms with van der Waals surface area (Å²) in [5.41, 5.74) is 0. The van der Waals surface area contributed by atoms with Crippen LogP contribution in [0.4, 0.5) is 0 Å². The molecule has 1 aliphatic heterocycles. The average Bonchev–Trinajstić information content (AvgIpc) is 2.29. The van der Waals surface area contributed by atoms with Crippen LogP contribution >= 0.6 is 11.8 Å². The number of hydrogen-bond donors (Lipinski definition) is 0. The van der Waals surface area contributed by atoms with Crippen molar-refractivity contribution >= 4 is 17.7 Å². The standard InChI is InChI=1S/C11H18N2OS/c1-2-10-4-3-6-13(8-10)11(14)9-15-7-5-12/h10H,2-4,6-9H2,1H3/t10-/m0/s1. The molecular weight excluding hydrogens is 208 g/mol. The summed E-state index contributed by atoms with van der Waals surface area (Å²) in [7, 11) is 0. The molecule has 1 heterocycles. The molecule has 1 saturated heterocycles. The van der Waals surface area contributed by atoms with E-state index in [-0.39, 0.29) is 5.91 Å². The Morgan fingerprint density at radius 3 is 3.13 bits per heavy atom. The van der Waals surface area contributed by atoms with Crippen molar-refractivity contribution in [1.82, 2.24) is 4.90 Å². The van der Waals surface area contributed by atoms with Crippen molar-refractivity contribution in [2.45, 2.75) is 26.2 Å². The number of amides is 1. The Hall–Kier alpha value is -0.690. The van der Waals surface area contributed by atoms with Crippen molar-refractivity contribution in [2.75, 3.05) is 24.6 Å². The zero-order chi connectivity index (χ0) is 11.1. The lowest BCUT2D eigenvalue weighted by Crippen LogP contribution is -2.40. The first kappa shape index (κ1) is 12.4. The zero-order valence-electron chi connectivity index (χ0n) is 9.24. The Morgan fingerprint density at radius 2 is 2.47 bits per heavy atom. The fraction of sp³-hybridized carbons (Fsp3) is 0.818. The molecule has 0 unspecified atom stereocenters. The molecule has 0 bridgehead atoms. The summed E-state index contributed by atoms with van der Waals surface area (Å²) in [6.07, 6.45) is 3.55.